The molecule has 2 heterocycles. The lowest BCUT2D eigenvalue weighted by Gasteiger charge is -2.33. The molecule has 94 valence electrons. The van der Waals surface area contributed by atoms with Crippen LogP contribution in [0.5, 0.6) is 0 Å². The third-order valence-corrected chi connectivity index (χ3v) is 2.87. The van der Waals surface area contributed by atoms with Crippen molar-refractivity contribution in [1.29, 1.82) is 0 Å². The maximum absolute atomic E-state index is 11.9. The van der Waals surface area contributed by atoms with Gasteiger partial charge in [0.25, 0.3) is 5.56 Å². The van der Waals surface area contributed by atoms with E-state index in [0.29, 0.717) is 25.5 Å². The van der Waals surface area contributed by atoms with Crippen LogP contribution >= 0.6 is 0 Å². The molecule has 17 heavy (non-hydrogen) atoms. The highest BCUT2D eigenvalue weighted by Crippen LogP contribution is 2.10. The number of hydrogen-bond acceptors (Lipinski definition) is 5. The molecule has 1 N–H and O–H groups in total. The minimum absolute atomic E-state index is 0.0578. The quantitative estimate of drug-likeness (QED) is 0.747. The average molecular weight is 238 g/mol. The Morgan fingerprint density at radius 3 is 3.24 bits per heavy atom. The van der Waals surface area contributed by atoms with Crippen LogP contribution in [0.4, 0.5) is 5.82 Å². The van der Waals surface area contributed by atoms with Crippen LogP contribution in [0, 0.1) is 0 Å². The topological polar surface area (TPSA) is 59.4 Å². The van der Waals surface area contributed by atoms with Crippen molar-refractivity contribution >= 4 is 5.82 Å². The number of nitrogens with zero attached hydrogens (tertiary/aromatic N) is 3. The molecular weight excluding hydrogens is 220 g/mol. The molecule has 1 unspecified atom stereocenters. The van der Waals surface area contributed by atoms with Gasteiger partial charge in [-0.2, -0.15) is 0 Å². The molecule has 1 atom stereocenters. The van der Waals surface area contributed by atoms with Gasteiger partial charge in [-0.15, -0.1) is 0 Å². The molecule has 0 saturated carbocycles. The Labute approximate surface area is 100 Å². The van der Waals surface area contributed by atoms with Crippen molar-refractivity contribution in [3.05, 3.63) is 22.7 Å². The number of nitrogens with one attached hydrogen (secondary N) is 1. The van der Waals surface area contributed by atoms with Crippen LogP contribution in [0.3, 0.4) is 0 Å². The van der Waals surface area contributed by atoms with Crippen molar-refractivity contribution in [3.8, 4) is 0 Å². The Bertz CT molecular complexity index is 430. The summed E-state index contributed by atoms with van der Waals surface area (Å²) in [7, 11) is 3.63. The molecule has 6 heteroatoms. The highest BCUT2D eigenvalue weighted by atomic mass is 16.5. The molecule has 0 spiro atoms. The van der Waals surface area contributed by atoms with Gasteiger partial charge in [-0.3, -0.25) is 4.79 Å². The molecule has 1 aliphatic heterocycles. The molecule has 1 aromatic rings. The summed E-state index contributed by atoms with van der Waals surface area (Å²) in [6.45, 7) is 2.83. The molecule has 1 saturated heterocycles. The Hall–Kier alpha value is -1.40. The molecule has 1 aromatic heterocycles. The van der Waals surface area contributed by atoms with Crippen molar-refractivity contribution in [2.75, 3.05) is 38.2 Å². The summed E-state index contributed by atoms with van der Waals surface area (Å²) in [5, 5.41) is 3.08. The Morgan fingerprint density at radius 2 is 2.47 bits per heavy atom. The van der Waals surface area contributed by atoms with Gasteiger partial charge < -0.3 is 19.5 Å². The van der Waals surface area contributed by atoms with Crippen molar-refractivity contribution in [2.24, 2.45) is 7.05 Å². The van der Waals surface area contributed by atoms with E-state index in [-0.39, 0.29) is 11.7 Å². The SMILES string of the molecule is CNCC1CN(c2nccn(C)c2=O)CCO1. The molecule has 1 fully saturated rings. The number of likely N-dealkylation sites (N-methyl/N-ethyl adjacent to an activating group) is 1. The van der Waals surface area contributed by atoms with Crippen LogP contribution in [-0.2, 0) is 11.8 Å². The predicted octanol–water partition coefficient (Wildman–Crippen LogP) is -0.795. The molecule has 6 nitrogen and oxygen atoms in total. The molecule has 0 aromatic carbocycles. The van der Waals surface area contributed by atoms with E-state index >= 15 is 0 Å². The fourth-order valence-corrected chi connectivity index (χ4v) is 1.96. The second-order valence-corrected chi connectivity index (χ2v) is 4.16. The number of morpholine rings is 1. The second kappa shape index (κ2) is 5.29. The summed E-state index contributed by atoms with van der Waals surface area (Å²) in [4.78, 5) is 18.1. The van der Waals surface area contributed by atoms with Gasteiger partial charge in [0.05, 0.1) is 12.7 Å². The molecule has 2 rings (SSSR count). The summed E-state index contributed by atoms with van der Waals surface area (Å²) < 4.78 is 7.15. The lowest BCUT2D eigenvalue weighted by atomic mass is 10.2. The van der Waals surface area contributed by atoms with E-state index in [1.165, 1.54) is 0 Å². The van der Waals surface area contributed by atoms with Crippen LogP contribution in [0.15, 0.2) is 17.2 Å². The van der Waals surface area contributed by atoms with Gasteiger partial charge >= 0.3 is 0 Å². The number of hydrogen-bond donors (Lipinski definition) is 1. The van der Waals surface area contributed by atoms with Gasteiger partial charge in [-0.05, 0) is 7.05 Å². The van der Waals surface area contributed by atoms with E-state index in [1.54, 1.807) is 24.0 Å². The average Bonchev–Trinajstić information content (AvgIpc) is 2.33. The van der Waals surface area contributed by atoms with E-state index in [2.05, 4.69) is 10.3 Å². The summed E-state index contributed by atoms with van der Waals surface area (Å²) in [6.07, 6.45) is 3.43. The van der Waals surface area contributed by atoms with Crippen LogP contribution in [0.25, 0.3) is 0 Å². The molecule has 0 aliphatic carbocycles. The first kappa shape index (κ1) is 12.1. The summed E-state index contributed by atoms with van der Waals surface area (Å²) in [6, 6.07) is 0. The minimum atomic E-state index is -0.0578. The Balaban J connectivity index is 2.16. The minimum Gasteiger partial charge on any atom is -0.373 e. The lowest BCUT2D eigenvalue weighted by Crippen LogP contribution is -2.48. The Kier molecular flexibility index (Phi) is 3.75. The molecular formula is C11H18N4O2. The smallest absolute Gasteiger partial charge is 0.293 e. The van der Waals surface area contributed by atoms with E-state index in [1.807, 2.05) is 11.9 Å². The maximum atomic E-state index is 11.9. The number of ether oxygens (including phenoxy) is 1. The number of aromatic nitrogens is 2. The normalized spacial score (nSPS) is 20.6. The molecule has 1 aliphatic rings. The first-order chi connectivity index (χ1) is 8.22. The molecule has 0 radical (unpaired) electrons. The van der Waals surface area contributed by atoms with E-state index in [9.17, 15) is 4.79 Å². The predicted molar refractivity (Wildman–Crippen MR) is 65.4 cm³/mol. The van der Waals surface area contributed by atoms with Crippen LogP contribution < -0.4 is 15.8 Å². The van der Waals surface area contributed by atoms with Crippen molar-refractivity contribution < 1.29 is 4.74 Å². The standard InChI is InChI=1S/C11H18N4O2/c1-12-7-9-8-15(5-6-17-9)10-11(16)14(2)4-3-13-10/h3-4,9,12H,5-8H2,1-2H3. The number of rotatable bonds is 3. The van der Waals surface area contributed by atoms with Crippen molar-refractivity contribution in [2.45, 2.75) is 6.10 Å². The zero-order valence-electron chi connectivity index (χ0n) is 10.2. The van der Waals surface area contributed by atoms with Gasteiger partial charge in [0.1, 0.15) is 0 Å². The fraction of sp³-hybridized carbons (Fsp3) is 0.636. The van der Waals surface area contributed by atoms with Gasteiger partial charge in [0.15, 0.2) is 5.82 Å². The largest absolute Gasteiger partial charge is 0.373 e. The third kappa shape index (κ3) is 2.65. The number of aryl methyl sites for hydroxylation is 1. The van der Waals surface area contributed by atoms with Crippen LogP contribution in [0.1, 0.15) is 0 Å². The van der Waals surface area contributed by atoms with E-state index in [0.717, 1.165) is 6.54 Å². The highest BCUT2D eigenvalue weighted by molar-refractivity contribution is 5.36. The van der Waals surface area contributed by atoms with Gasteiger partial charge in [0, 0.05) is 39.1 Å². The Morgan fingerprint density at radius 1 is 1.65 bits per heavy atom. The summed E-state index contributed by atoms with van der Waals surface area (Å²) in [5.41, 5.74) is -0.0578. The van der Waals surface area contributed by atoms with Gasteiger partial charge in [-0.1, -0.05) is 0 Å². The summed E-state index contributed by atoms with van der Waals surface area (Å²) in [5.74, 6) is 0.513. The lowest BCUT2D eigenvalue weighted by molar-refractivity contribution is 0.0418. The van der Waals surface area contributed by atoms with Crippen LogP contribution in [0.2, 0.25) is 0 Å². The van der Waals surface area contributed by atoms with Gasteiger partial charge in [-0.25, -0.2) is 4.98 Å². The third-order valence-electron chi connectivity index (χ3n) is 2.87. The zero-order valence-corrected chi connectivity index (χ0v) is 10.2. The first-order valence-electron chi connectivity index (χ1n) is 5.75. The van der Waals surface area contributed by atoms with Gasteiger partial charge in [0.2, 0.25) is 0 Å². The number of anilines is 1. The van der Waals surface area contributed by atoms with Crippen LogP contribution in [-0.4, -0.2) is 48.9 Å². The van der Waals surface area contributed by atoms with E-state index < -0.39 is 0 Å². The first-order valence-corrected chi connectivity index (χ1v) is 5.75. The molecule has 0 bridgehead atoms. The maximum Gasteiger partial charge on any atom is 0.293 e. The van der Waals surface area contributed by atoms with E-state index in [4.69, 9.17) is 4.74 Å². The summed E-state index contributed by atoms with van der Waals surface area (Å²) >= 11 is 0. The highest BCUT2D eigenvalue weighted by Gasteiger charge is 2.22. The monoisotopic (exact) mass is 238 g/mol. The fourth-order valence-electron chi connectivity index (χ4n) is 1.96. The second-order valence-electron chi connectivity index (χ2n) is 4.16. The molecule has 0 amide bonds. The van der Waals surface area contributed by atoms with Crippen molar-refractivity contribution in [3.63, 3.8) is 0 Å². The zero-order chi connectivity index (χ0) is 12.3. The van der Waals surface area contributed by atoms with Crippen molar-refractivity contribution in [1.82, 2.24) is 14.9 Å².